The predicted molar refractivity (Wildman–Crippen MR) is 114 cm³/mol. The quantitative estimate of drug-likeness (QED) is 0.443. The maximum Gasteiger partial charge on any atom is 0.338 e. The van der Waals surface area contributed by atoms with Crippen molar-refractivity contribution in [1.29, 1.82) is 0 Å². The van der Waals surface area contributed by atoms with E-state index in [9.17, 15) is 9.18 Å². The van der Waals surface area contributed by atoms with Crippen molar-refractivity contribution in [2.24, 2.45) is 0 Å². The number of carboxylic acids is 1. The number of benzene rings is 2. The lowest BCUT2D eigenvalue weighted by atomic mass is 10.0. The van der Waals surface area contributed by atoms with Gasteiger partial charge in [0.1, 0.15) is 16.5 Å². The van der Waals surface area contributed by atoms with E-state index >= 15 is 0 Å². The summed E-state index contributed by atoms with van der Waals surface area (Å²) in [6.07, 6.45) is 4.93. The number of hydrogen-bond acceptors (Lipinski definition) is 6. The van der Waals surface area contributed by atoms with Crippen LogP contribution >= 0.6 is 11.8 Å². The normalized spacial score (nSPS) is 11.3. The molecule has 9 heteroatoms. The summed E-state index contributed by atoms with van der Waals surface area (Å²) in [5.41, 5.74) is 1.63. The van der Waals surface area contributed by atoms with Gasteiger partial charge in [-0.15, -0.1) is 0 Å². The summed E-state index contributed by atoms with van der Waals surface area (Å²) in [5.74, 6) is -1.68. The van der Waals surface area contributed by atoms with Gasteiger partial charge in [0.2, 0.25) is 0 Å². The average molecular weight is 431 g/mol. The molecule has 0 saturated heterocycles. The van der Waals surface area contributed by atoms with Gasteiger partial charge in [0.25, 0.3) is 5.78 Å². The molecule has 0 amide bonds. The Labute approximate surface area is 179 Å². The molecule has 7 nitrogen and oxygen atoms in total. The van der Waals surface area contributed by atoms with Crippen LogP contribution in [0.5, 0.6) is 0 Å². The van der Waals surface area contributed by atoms with Crippen molar-refractivity contribution in [2.75, 3.05) is 0 Å². The number of halogens is 1. The molecule has 3 aromatic heterocycles. The highest BCUT2D eigenvalue weighted by molar-refractivity contribution is 7.99. The number of nitrogens with zero attached hydrogens (tertiary/aromatic N) is 5. The fraction of sp³-hybridized carbons (Fsp3) is 0.0455. The zero-order chi connectivity index (χ0) is 21.5. The van der Waals surface area contributed by atoms with E-state index in [1.165, 1.54) is 37.0 Å². The minimum absolute atomic E-state index is 0.199. The highest BCUT2D eigenvalue weighted by atomic mass is 32.2. The Morgan fingerprint density at radius 1 is 1.10 bits per heavy atom. The average Bonchev–Trinajstić information content (AvgIpc) is 3.17. The smallest absolute Gasteiger partial charge is 0.338 e. The van der Waals surface area contributed by atoms with Crippen LogP contribution in [0.4, 0.5) is 4.39 Å². The number of pyridine rings is 1. The monoisotopic (exact) mass is 431 g/mol. The first-order valence-electron chi connectivity index (χ1n) is 9.27. The van der Waals surface area contributed by atoms with Crippen LogP contribution in [0.1, 0.15) is 15.9 Å². The van der Waals surface area contributed by atoms with Gasteiger partial charge in [-0.25, -0.2) is 19.2 Å². The molecule has 1 N–H and O–H groups in total. The lowest BCUT2D eigenvalue weighted by Gasteiger charge is -2.09. The molecule has 5 aromatic rings. The first-order chi connectivity index (χ1) is 15.0. The first kappa shape index (κ1) is 19.1. The Hall–Kier alpha value is -3.85. The predicted octanol–water partition coefficient (Wildman–Crippen LogP) is 4.64. The minimum Gasteiger partial charge on any atom is -0.478 e. The number of carbonyl (C=O) groups is 1. The first-order valence-corrected chi connectivity index (χ1v) is 10.1. The van der Waals surface area contributed by atoms with Gasteiger partial charge < -0.3 is 5.11 Å². The van der Waals surface area contributed by atoms with Crippen molar-refractivity contribution in [3.63, 3.8) is 0 Å². The zero-order valence-corrected chi connectivity index (χ0v) is 17.0. The molecule has 0 saturated carbocycles. The van der Waals surface area contributed by atoms with Crippen LogP contribution in [0, 0.1) is 12.7 Å². The van der Waals surface area contributed by atoms with Crippen LogP contribution in [0.2, 0.25) is 0 Å². The van der Waals surface area contributed by atoms with Gasteiger partial charge in [0.05, 0.1) is 23.5 Å². The number of carboxylic acid groups (broad SMARTS) is 1. The maximum absolute atomic E-state index is 14.5. The van der Waals surface area contributed by atoms with Crippen LogP contribution in [0.15, 0.2) is 71.0 Å². The fourth-order valence-electron chi connectivity index (χ4n) is 3.31. The Bertz CT molecular complexity index is 1480. The highest BCUT2D eigenvalue weighted by Crippen LogP contribution is 2.31. The maximum atomic E-state index is 14.5. The van der Waals surface area contributed by atoms with Crippen molar-refractivity contribution >= 4 is 34.4 Å². The van der Waals surface area contributed by atoms with Crippen molar-refractivity contribution in [3.05, 3.63) is 78.0 Å². The van der Waals surface area contributed by atoms with Crippen molar-refractivity contribution in [3.8, 4) is 11.3 Å². The molecule has 0 radical (unpaired) electrons. The Balaban J connectivity index is 1.55. The number of fused-ring (bicyclic) bond motifs is 2. The molecule has 0 aliphatic heterocycles. The van der Waals surface area contributed by atoms with Gasteiger partial charge in [-0.1, -0.05) is 23.9 Å². The second kappa shape index (κ2) is 7.44. The van der Waals surface area contributed by atoms with Gasteiger partial charge in [0.15, 0.2) is 0 Å². The van der Waals surface area contributed by atoms with E-state index < -0.39 is 11.8 Å². The molecule has 31 heavy (non-hydrogen) atoms. The Kier molecular flexibility index (Phi) is 4.59. The molecule has 0 fully saturated rings. The number of aromatic carboxylic acids is 1. The molecule has 2 aromatic carbocycles. The molecule has 0 aliphatic carbocycles. The van der Waals surface area contributed by atoms with Crippen molar-refractivity contribution < 1.29 is 14.3 Å². The third-order valence-electron chi connectivity index (χ3n) is 4.89. The van der Waals surface area contributed by atoms with Gasteiger partial charge in [0, 0.05) is 22.0 Å². The van der Waals surface area contributed by atoms with Gasteiger partial charge >= 0.3 is 5.97 Å². The van der Waals surface area contributed by atoms with E-state index in [-0.39, 0.29) is 11.1 Å². The summed E-state index contributed by atoms with van der Waals surface area (Å²) in [4.78, 5) is 25.1. The number of aromatic nitrogens is 5. The molecule has 3 heterocycles. The van der Waals surface area contributed by atoms with Crippen LogP contribution in [0.3, 0.4) is 0 Å². The van der Waals surface area contributed by atoms with Crippen LogP contribution < -0.4 is 0 Å². The second-order valence-corrected chi connectivity index (χ2v) is 7.91. The molecule has 0 bridgehead atoms. The summed E-state index contributed by atoms with van der Waals surface area (Å²) in [6, 6.07) is 12.6. The van der Waals surface area contributed by atoms with Crippen LogP contribution in [-0.2, 0) is 0 Å². The van der Waals surface area contributed by atoms with Gasteiger partial charge in [-0.05, 0) is 42.8 Å². The SMILES string of the molecule is Cc1c(-c2cnc3ncc(Sc4ccc5ncccc5c4)n3n2)ccc(C(=O)O)c1F. The topological polar surface area (TPSA) is 93.3 Å². The highest BCUT2D eigenvalue weighted by Gasteiger charge is 2.18. The van der Waals surface area contributed by atoms with E-state index in [0.29, 0.717) is 17.0 Å². The van der Waals surface area contributed by atoms with E-state index in [2.05, 4.69) is 20.1 Å². The Morgan fingerprint density at radius 2 is 1.94 bits per heavy atom. The van der Waals surface area contributed by atoms with E-state index in [1.807, 2.05) is 30.3 Å². The number of rotatable bonds is 4. The van der Waals surface area contributed by atoms with Crippen LogP contribution in [-0.4, -0.2) is 35.6 Å². The zero-order valence-electron chi connectivity index (χ0n) is 16.2. The standard InChI is InChI=1S/C22H14FN5O2S/c1-12-15(5-6-16(20(12)23)21(29)30)18-10-25-22-26-11-19(28(22)27-18)31-14-4-7-17-13(9-14)3-2-8-24-17/h2-11H,1H3,(H,29,30). The summed E-state index contributed by atoms with van der Waals surface area (Å²) < 4.78 is 16.1. The van der Waals surface area contributed by atoms with Crippen molar-refractivity contribution in [2.45, 2.75) is 16.8 Å². The summed E-state index contributed by atoms with van der Waals surface area (Å²) >= 11 is 1.47. The molecule has 0 unspecified atom stereocenters. The molecule has 0 spiro atoms. The largest absolute Gasteiger partial charge is 0.478 e. The molecule has 5 rings (SSSR count). The van der Waals surface area contributed by atoms with Crippen LogP contribution in [0.25, 0.3) is 27.9 Å². The summed E-state index contributed by atoms with van der Waals surface area (Å²) in [7, 11) is 0. The third kappa shape index (κ3) is 3.38. The van der Waals surface area contributed by atoms with Gasteiger partial charge in [-0.2, -0.15) is 9.61 Å². The second-order valence-electron chi connectivity index (χ2n) is 6.82. The summed E-state index contributed by atoms with van der Waals surface area (Å²) in [5, 5.41) is 15.5. The molecule has 0 atom stereocenters. The van der Waals surface area contributed by atoms with Gasteiger partial charge in [-0.3, -0.25) is 4.98 Å². The Morgan fingerprint density at radius 3 is 2.77 bits per heavy atom. The van der Waals surface area contributed by atoms with E-state index in [1.54, 1.807) is 16.9 Å². The minimum atomic E-state index is -1.31. The number of hydrogen-bond donors (Lipinski definition) is 1. The number of imidazole rings is 1. The van der Waals surface area contributed by atoms with Crippen molar-refractivity contribution in [1.82, 2.24) is 24.6 Å². The third-order valence-corrected chi connectivity index (χ3v) is 5.87. The summed E-state index contributed by atoms with van der Waals surface area (Å²) in [6.45, 7) is 1.52. The lowest BCUT2D eigenvalue weighted by molar-refractivity contribution is 0.0691. The van der Waals surface area contributed by atoms with E-state index in [4.69, 9.17) is 5.11 Å². The molecule has 152 valence electrons. The fourth-order valence-corrected chi connectivity index (χ4v) is 4.19. The lowest BCUT2D eigenvalue weighted by Crippen LogP contribution is -2.05. The molecular formula is C22H14FN5O2S. The molecule has 0 aliphatic rings. The van der Waals surface area contributed by atoms with E-state index in [0.717, 1.165) is 20.8 Å². The molecular weight excluding hydrogens is 417 g/mol.